The van der Waals surface area contributed by atoms with Gasteiger partial charge in [0.2, 0.25) is 5.91 Å². The van der Waals surface area contributed by atoms with Crippen molar-refractivity contribution in [2.45, 2.75) is 57.1 Å². The molecule has 1 rings (SSSR count). The minimum Gasteiger partial charge on any atom is -0.325 e. The highest BCUT2D eigenvalue weighted by Crippen LogP contribution is 2.18. The maximum atomic E-state index is 12.2. The molecular weight excluding hydrogens is 284 g/mol. The van der Waals surface area contributed by atoms with Crippen LogP contribution in [0.3, 0.4) is 0 Å². The standard InChI is InChI=1S/C16H26N2O2S/c1-5-7-14(17)15(19)18-13-9-6-8-12(10-13)11-21(20)16(2,3)4/h6,8-10,14H,5,7,11,17H2,1-4H3,(H,18,19). The van der Waals surface area contributed by atoms with Crippen LogP contribution in [-0.2, 0) is 21.3 Å². The summed E-state index contributed by atoms with van der Waals surface area (Å²) in [5.41, 5.74) is 7.44. The fraction of sp³-hybridized carbons (Fsp3) is 0.562. The van der Waals surface area contributed by atoms with Crippen LogP contribution in [0.1, 0.15) is 46.1 Å². The topological polar surface area (TPSA) is 72.2 Å². The van der Waals surface area contributed by atoms with Crippen LogP contribution in [0.2, 0.25) is 0 Å². The first-order valence-electron chi connectivity index (χ1n) is 7.28. The predicted molar refractivity (Wildman–Crippen MR) is 89.6 cm³/mol. The van der Waals surface area contributed by atoms with Crippen molar-refractivity contribution in [1.29, 1.82) is 0 Å². The number of hydrogen-bond acceptors (Lipinski definition) is 3. The van der Waals surface area contributed by atoms with Crippen molar-refractivity contribution in [2.75, 3.05) is 5.32 Å². The molecule has 0 aliphatic carbocycles. The summed E-state index contributed by atoms with van der Waals surface area (Å²) in [4.78, 5) is 11.9. The summed E-state index contributed by atoms with van der Waals surface area (Å²) in [6, 6.07) is 6.98. The minimum atomic E-state index is -0.958. The molecule has 0 saturated heterocycles. The molecule has 0 bridgehead atoms. The smallest absolute Gasteiger partial charge is 0.241 e. The molecule has 0 aromatic heterocycles. The second kappa shape index (κ2) is 7.71. The Morgan fingerprint density at radius 1 is 1.38 bits per heavy atom. The molecule has 2 atom stereocenters. The number of nitrogens with two attached hydrogens (primary N) is 1. The van der Waals surface area contributed by atoms with Crippen molar-refractivity contribution in [3.05, 3.63) is 29.8 Å². The Morgan fingerprint density at radius 3 is 2.62 bits per heavy atom. The van der Waals surface area contributed by atoms with E-state index in [2.05, 4.69) is 5.32 Å². The largest absolute Gasteiger partial charge is 0.325 e. The Bertz CT molecular complexity index is 509. The third kappa shape index (κ3) is 5.98. The minimum absolute atomic E-state index is 0.175. The number of amides is 1. The van der Waals surface area contributed by atoms with Crippen LogP contribution in [0, 0.1) is 0 Å². The Hall–Kier alpha value is -1.20. The first-order valence-corrected chi connectivity index (χ1v) is 8.59. The fourth-order valence-corrected chi connectivity index (χ4v) is 2.70. The third-order valence-electron chi connectivity index (χ3n) is 3.11. The Labute approximate surface area is 130 Å². The SMILES string of the molecule is CCCC(N)C(=O)Nc1cccc(CS(=O)C(C)(C)C)c1. The highest BCUT2D eigenvalue weighted by molar-refractivity contribution is 7.85. The molecule has 0 heterocycles. The molecule has 1 aromatic carbocycles. The van der Waals surface area contributed by atoms with Gasteiger partial charge in [-0.15, -0.1) is 0 Å². The lowest BCUT2D eigenvalue weighted by Crippen LogP contribution is -2.35. The monoisotopic (exact) mass is 310 g/mol. The van der Waals surface area contributed by atoms with Crippen LogP contribution < -0.4 is 11.1 Å². The molecule has 0 spiro atoms. The molecule has 0 fully saturated rings. The second-order valence-corrected chi connectivity index (χ2v) is 8.39. The molecule has 5 heteroatoms. The first kappa shape index (κ1) is 17.9. The average Bonchev–Trinajstić information content (AvgIpc) is 2.38. The van der Waals surface area contributed by atoms with Crippen LogP contribution in [0.4, 0.5) is 5.69 Å². The van der Waals surface area contributed by atoms with E-state index in [0.29, 0.717) is 17.9 Å². The fourth-order valence-electron chi connectivity index (χ4n) is 1.78. The lowest BCUT2D eigenvalue weighted by molar-refractivity contribution is -0.117. The van der Waals surface area contributed by atoms with Gasteiger partial charge in [-0.3, -0.25) is 9.00 Å². The van der Waals surface area contributed by atoms with E-state index >= 15 is 0 Å². The molecular formula is C16H26N2O2S. The molecule has 0 radical (unpaired) electrons. The maximum Gasteiger partial charge on any atom is 0.241 e. The zero-order chi connectivity index (χ0) is 16.0. The molecule has 0 aliphatic heterocycles. The lowest BCUT2D eigenvalue weighted by Gasteiger charge is -2.18. The van der Waals surface area contributed by atoms with Gasteiger partial charge in [0, 0.05) is 27.0 Å². The van der Waals surface area contributed by atoms with Gasteiger partial charge in [0.05, 0.1) is 6.04 Å². The Morgan fingerprint density at radius 2 is 2.05 bits per heavy atom. The number of benzene rings is 1. The number of carbonyl (C=O) groups is 1. The van der Waals surface area contributed by atoms with Crippen molar-refractivity contribution in [3.8, 4) is 0 Å². The van der Waals surface area contributed by atoms with E-state index in [1.165, 1.54) is 0 Å². The van der Waals surface area contributed by atoms with E-state index in [0.717, 1.165) is 12.0 Å². The van der Waals surface area contributed by atoms with Crippen molar-refractivity contribution in [1.82, 2.24) is 0 Å². The molecule has 4 nitrogen and oxygen atoms in total. The average molecular weight is 310 g/mol. The number of rotatable bonds is 6. The van der Waals surface area contributed by atoms with E-state index in [9.17, 15) is 9.00 Å². The second-order valence-electron chi connectivity index (χ2n) is 6.19. The van der Waals surface area contributed by atoms with Gasteiger partial charge in [0.1, 0.15) is 0 Å². The van der Waals surface area contributed by atoms with Gasteiger partial charge >= 0.3 is 0 Å². The number of carbonyl (C=O) groups excluding carboxylic acids is 1. The maximum absolute atomic E-state index is 12.2. The van der Waals surface area contributed by atoms with Gasteiger partial charge in [-0.25, -0.2) is 0 Å². The van der Waals surface area contributed by atoms with Gasteiger partial charge in [-0.05, 0) is 44.9 Å². The van der Waals surface area contributed by atoms with E-state index < -0.39 is 16.8 Å². The Balaban J connectivity index is 2.73. The van der Waals surface area contributed by atoms with Crippen molar-refractivity contribution >= 4 is 22.4 Å². The zero-order valence-corrected chi connectivity index (χ0v) is 14.1. The third-order valence-corrected chi connectivity index (χ3v) is 5.07. The van der Waals surface area contributed by atoms with Crippen LogP contribution in [0.15, 0.2) is 24.3 Å². The normalized spacial score (nSPS) is 14.5. The molecule has 0 aliphatic rings. The van der Waals surface area contributed by atoms with E-state index in [1.807, 2.05) is 52.0 Å². The van der Waals surface area contributed by atoms with Gasteiger partial charge in [0.15, 0.2) is 0 Å². The van der Waals surface area contributed by atoms with Crippen molar-refractivity contribution < 1.29 is 9.00 Å². The zero-order valence-electron chi connectivity index (χ0n) is 13.3. The summed E-state index contributed by atoms with van der Waals surface area (Å²) >= 11 is 0. The molecule has 21 heavy (non-hydrogen) atoms. The summed E-state index contributed by atoms with van der Waals surface area (Å²) in [5.74, 6) is 0.305. The number of hydrogen-bond donors (Lipinski definition) is 2. The molecule has 0 saturated carbocycles. The Kier molecular flexibility index (Phi) is 6.55. The molecule has 1 aromatic rings. The van der Waals surface area contributed by atoms with Crippen molar-refractivity contribution in [3.63, 3.8) is 0 Å². The summed E-state index contributed by atoms with van der Waals surface area (Å²) in [6.45, 7) is 7.87. The van der Waals surface area contributed by atoms with E-state index in [4.69, 9.17) is 5.73 Å². The van der Waals surface area contributed by atoms with Crippen LogP contribution in [0.25, 0.3) is 0 Å². The summed E-state index contributed by atoms with van der Waals surface area (Å²) < 4.78 is 11.9. The summed E-state index contributed by atoms with van der Waals surface area (Å²) in [5, 5.41) is 2.82. The van der Waals surface area contributed by atoms with Gasteiger partial charge < -0.3 is 11.1 Å². The quantitative estimate of drug-likeness (QED) is 0.848. The summed E-state index contributed by atoms with van der Waals surface area (Å²) in [7, 11) is -0.958. The first-order chi connectivity index (χ1) is 9.74. The molecule has 118 valence electrons. The predicted octanol–water partition coefficient (Wildman–Crippen LogP) is 2.80. The summed E-state index contributed by atoms with van der Waals surface area (Å²) in [6.07, 6.45) is 1.54. The highest BCUT2D eigenvalue weighted by atomic mass is 32.2. The van der Waals surface area contributed by atoms with Crippen LogP contribution in [0.5, 0.6) is 0 Å². The van der Waals surface area contributed by atoms with Crippen LogP contribution >= 0.6 is 0 Å². The lowest BCUT2D eigenvalue weighted by atomic mass is 10.1. The highest BCUT2D eigenvalue weighted by Gasteiger charge is 2.19. The number of nitrogens with one attached hydrogen (secondary N) is 1. The molecule has 1 amide bonds. The van der Waals surface area contributed by atoms with Gasteiger partial charge in [-0.2, -0.15) is 0 Å². The van der Waals surface area contributed by atoms with Gasteiger partial charge in [0.25, 0.3) is 0 Å². The van der Waals surface area contributed by atoms with Gasteiger partial charge in [-0.1, -0.05) is 25.5 Å². The van der Waals surface area contributed by atoms with E-state index in [-0.39, 0.29) is 10.7 Å². The van der Waals surface area contributed by atoms with Crippen molar-refractivity contribution in [2.24, 2.45) is 5.73 Å². The molecule has 3 N–H and O–H groups in total. The van der Waals surface area contributed by atoms with E-state index in [1.54, 1.807) is 0 Å². The number of anilines is 1. The van der Waals surface area contributed by atoms with Crippen LogP contribution in [-0.4, -0.2) is 20.9 Å². The molecule has 2 unspecified atom stereocenters.